The van der Waals surface area contributed by atoms with Gasteiger partial charge in [-0.25, -0.2) is 0 Å². The fourth-order valence-corrected chi connectivity index (χ4v) is 4.12. The fraction of sp³-hybridized carbons (Fsp3) is 0.333. The Balaban J connectivity index is 1.30. The summed E-state index contributed by atoms with van der Waals surface area (Å²) < 4.78 is 39.0. The van der Waals surface area contributed by atoms with Gasteiger partial charge in [-0.1, -0.05) is 48.6 Å². The van der Waals surface area contributed by atoms with Gasteiger partial charge >= 0.3 is 6.18 Å². The molecule has 1 aliphatic rings. The molecule has 1 N–H and O–H groups in total. The van der Waals surface area contributed by atoms with E-state index in [1.54, 1.807) is 6.07 Å². The third-order valence-electron chi connectivity index (χ3n) is 5.67. The average Bonchev–Trinajstić information content (AvgIpc) is 3.14. The van der Waals surface area contributed by atoms with Crippen molar-refractivity contribution in [3.05, 3.63) is 83.6 Å². The number of aromatic amines is 1. The molecule has 29 heavy (non-hydrogen) atoms. The van der Waals surface area contributed by atoms with E-state index in [4.69, 9.17) is 0 Å². The first-order valence-corrected chi connectivity index (χ1v) is 10.1. The van der Waals surface area contributed by atoms with Crippen LogP contribution in [-0.4, -0.2) is 29.5 Å². The lowest BCUT2D eigenvalue weighted by molar-refractivity contribution is -0.137. The van der Waals surface area contributed by atoms with Crippen LogP contribution in [0.1, 0.15) is 35.4 Å². The van der Waals surface area contributed by atoms with E-state index in [2.05, 4.69) is 40.4 Å². The minimum Gasteiger partial charge on any atom is -0.361 e. The first kappa shape index (κ1) is 19.8. The van der Waals surface area contributed by atoms with E-state index in [0.717, 1.165) is 50.5 Å². The summed E-state index contributed by atoms with van der Waals surface area (Å²) in [5, 5.41) is 1.29. The van der Waals surface area contributed by atoms with E-state index < -0.39 is 11.7 Å². The first-order chi connectivity index (χ1) is 14.0. The molecule has 0 bridgehead atoms. The molecule has 1 unspecified atom stereocenters. The number of H-pyrrole nitrogens is 1. The summed E-state index contributed by atoms with van der Waals surface area (Å²) in [6, 6.07) is 14.1. The van der Waals surface area contributed by atoms with Gasteiger partial charge in [0.15, 0.2) is 0 Å². The summed E-state index contributed by atoms with van der Waals surface area (Å²) in [5.74, 6) is 0.0136. The Morgan fingerprint density at radius 2 is 1.90 bits per heavy atom. The topological polar surface area (TPSA) is 19.0 Å². The summed E-state index contributed by atoms with van der Waals surface area (Å²) in [6.45, 7) is 2.59. The van der Waals surface area contributed by atoms with Crippen molar-refractivity contribution in [1.82, 2.24) is 9.88 Å². The van der Waals surface area contributed by atoms with Gasteiger partial charge in [-0.2, -0.15) is 13.2 Å². The van der Waals surface area contributed by atoms with Crippen LogP contribution in [0.2, 0.25) is 0 Å². The predicted octanol–water partition coefficient (Wildman–Crippen LogP) is 6.17. The summed E-state index contributed by atoms with van der Waals surface area (Å²) in [6.07, 6.45) is 5.12. The molecule has 1 aliphatic heterocycles. The maximum atomic E-state index is 13.0. The maximum Gasteiger partial charge on any atom is 0.416 e. The number of hydrogen-bond donors (Lipinski definition) is 1. The number of hydrogen-bond acceptors (Lipinski definition) is 1. The summed E-state index contributed by atoms with van der Waals surface area (Å²) in [5.41, 5.74) is 2.69. The van der Waals surface area contributed by atoms with Crippen molar-refractivity contribution in [2.45, 2.75) is 31.4 Å². The monoisotopic (exact) mass is 398 g/mol. The molecule has 1 atom stereocenters. The second-order valence-electron chi connectivity index (χ2n) is 7.73. The number of aromatic nitrogens is 1. The normalized spacial score (nSPS) is 17.8. The molecule has 2 aromatic carbocycles. The highest BCUT2D eigenvalue weighted by Gasteiger charge is 2.31. The van der Waals surface area contributed by atoms with Crippen LogP contribution < -0.4 is 0 Å². The Morgan fingerprint density at radius 1 is 1.03 bits per heavy atom. The van der Waals surface area contributed by atoms with Crippen LogP contribution in [0.3, 0.4) is 0 Å². The quantitative estimate of drug-likeness (QED) is 0.389. The van der Waals surface area contributed by atoms with Gasteiger partial charge in [0.25, 0.3) is 0 Å². The molecule has 4 rings (SSSR count). The van der Waals surface area contributed by atoms with Gasteiger partial charge in [-0.3, -0.25) is 4.90 Å². The van der Waals surface area contributed by atoms with Gasteiger partial charge in [-0.05, 0) is 49.1 Å². The number of rotatable bonds is 6. The lowest BCUT2D eigenvalue weighted by atomic mass is 9.94. The highest BCUT2D eigenvalue weighted by molar-refractivity contribution is 5.82. The number of benzene rings is 2. The summed E-state index contributed by atoms with van der Waals surface area (Å²) in [4.78, 5) is 5.65. The van der Waals surface area contributed by atoms with Crippen LogP contribution >= 0.6 is 0 Å². The number of unbranched alkanes of at least 4 members (excludes halogenated alkanes) is 1. The standard InChI is InChI=1S/C24H25F3N2/c25-24(26,27)21-10-5-8-18(15-21)20-9-6-14-29(17-20)13-4-3-7-19-16-28-23-12-2-1-11-22(19)23/h1-2,5-6,8-12,15-16,20,28H,3-4,7,13-14,17H2. The molecule has 0 radical (unpaired) electrons. The Kier molecular flexibility index (Phi) is 5.76. The maximum absolute atomic E-state index is 13.0. The molecular formula is C24H25F3N2. The molecule has 0 saturated heterocycles. The molecule has 0 aliphatic carbocycles. The van der Waals surface area contributed by atoms with Crippen molar-refractivity contribution in [1.29, 1.82) is 0 Å². The molecule has 2 heterocycles. The lowest BCUT2D eigenvalue weighted by Gasteiger charge is -2.29. The van der Waals surface area contributed by atoms with Crippen molar-refractivity contribution >= 4 is 10.9 Å². The van der Waals surface area contributed by atoms with Crippen LogP contribution in [0.5, 0.6) is 0 Å². The molecule has 1 aromatic heterocycles. The van der Waals surface area contributed by atoms with Crippen molar-refractivity contribution < 1.29 is 13.2 Å². The van der Waals surface area contributed by atoms with Crippen molar-refractivity contribution in [3.8, 4) is 0 Å². The summed E-state index contributed by atoms with van der Waals surface area (Å²) in [7, 11) is 0. The van der Waals surface area contributed by atoms with E-state index in [1.807, 2.05) is 12.1 Å². The van der Waals surface area contributed by atoms with Crippen molar-refractivity contribution in [2.24, 2.45) is 0 Å². The minimum atomic E-state index is -4.30. The Bertz CT molecular complexity index is 987. The zero-order valence-electron chi connectivity index (χ0n) is 16.3. The van der Waals surface area contributed by atoms with Crippen molar-refractivity contribution in [3.63, 3.8) is 0 Å². The smallest absolute Gasteiger partial charge is 0.361 e. The van der Waals surface area contributed by atoms with E-state index in [0.29, 0.717) is 0 Å². The third kappa shape index (κ3) is 4.73. The molecule has 0 amide bonds. The molecular weight excluding hydrogens is 373 g/mol. The largest absolute Gasteiger partial charge is 0.416 e. The molecule has 152 valence electrons. The van der Waals surface area contributed by atoms with Crippen LogP contribution in [0.25, 0.3) is 10.9 Å². The van der Waals surface area contributed by atoms with Crippen LogP contribution in [0.4, 0.5) is 13.2 Å². The number of nitrogens with one attached hydrogen (secondary N) is 1. The number of fused-ring (bicyclic) bond motifs is 1. The van der Waals surface area contributed by atoms with Gasteiger partial charge in [0.2, 0.25) is 0 Å². The minimum absolute atomic E-state index is 0.0136. The van der Waals surface area contributed by atoms with Gasteiger partial charge in [0, 0.05) is 36.1 Å². The second kappa shape index (κ2) is 8.46. The Hall–Kier alpha value is -2.53. The molecule has 0 spiro atoms. The second-order valence-corrected chi connectivity index (χ2v) is 7.73. The number of alkyl halides is 3. The third-order valence-corrected chi connectivity index (χ3v) is 5.67. The van der Waals surface area contributed by atoms with Gasteiger partial charge in [0.1, 0.15) is 0 Å². The van der Waals surface area contributed by atoms with Crippen molar-refractivity contribution in [2.75, 3.05) is 19.6 Å². The molecule has 3 aromatic rings. The fourth-order valence-electron chi connectivity index (χ4n) is 4.12. The molecule has 0 fully saturated rings. The molecule has 5 heteroatoms. The zero-order chi connectivity index (χ0) is 20.3. The first-order valence-electron chi connectivity index (χ1n) is 10.1. The SMILES string of the molecule is FC(F)(F)c1cccc(C2C=CCN(CCCCc3c[nH]c4ccccc34)C2)c1. The number of para-hydroxylation sites is 1. The van der Waals surface area contributed by atoms with E-state index in [-0.39, 0.29) is 5.92 Å². The average molecular weight is 398 g/mol. The zero-order valence-corrected chi connectivity index (χ0v) is 16.3. The van der Waals surface area contributed by atoms with E-state index in [1.165, 1.54) is 28.6 Å². The Morgan fingerprint density at radius 3 is 2.76 bits per heavy atom. The van der Waals surface area contributed by atoms with E-state index in [9.17, 15) is 13.2 Å². The number of nitrogens with zero attached hydrogens (tertiary/aromatic N) is 1. The van der Waals surface area contributed by atoms with Gasteiger partial charge in [-0.15, -0.1) is 0 Å². The van der Waals surface area contributed by atoms with Crippen LogP contribution in [0.15, 0.2) is 66.9 Å². The van der Waals surface area contributed by atoms with Gasteiger partial charge < -0.3 is 4.98 Å². The van der Waals surface area contributed by atoms with Gasteiger partial charge in [0.05, 0.1) is 5.56 Å². The van der Waals surface area contributed by atoms with Crippen LogP contribution in [-0.2, 0) is 12.6 Å². The highest BCUT2D eigenvalue weighted by Crippen LogP contribution is 2.32. The lowest BCUT2D eigenvalue weighted by Crippen LogP contribution is -2.32. The highest BCUT2D eigenvalue weighted by atomic mass is 19.4. The Labute approximate surface area is 169 Å². The predicted molar refractivity (Wildman–Crippen MR) is 111 cm³/mol. The van der Waals surface area contributed by atoms with Crippen LogP contribution in [0, 0.1) is 0 Å². The number of halogens is 3. The number of aryl methyl sites for hydroxylation is 1. The molecule has 0 saturated carbocycles. The molecule has 2 nitrogen and oxygen atoms in total. The van der Waals surface area contributed by atoms with E-state index >= 15 is 0 Å². The summed E-state index contributed by atoms with van der Waals surface area (Å²) >= 11 is 0.